The maximum Gasteiger partial charge on any atom is 0.252 e. The summed E-state index contributed by atoms with van der Waals surface area (Å²) in [5.41, 5.74) is 1.29. The molecule has 0 aliphatic heterocycles. The lowest BCUT2D eigenvalue weighted by Crippen LogP contribution is -2.41. The first kappa shape index (κ1) is 26.6. The lowest BCUT2D eigenvalue weighted by molar-refractivity contribution is 0.0954. The van der Waals surface area contributed by atoms with Gasteiger partial charge in [-0.15, -0.1) is 24.0 Å². The fraction of sp³-hybridized carbons (Fsp3) is 0.409. The minimum absolute atomic E-state index is 0. The highest BCUT2D eigenvalue weighted by molar-refractivity contribution is 14.0. The number of halogens is 1. The minimum atomic E-state index is -0.723. The predicted molar refractivity (Wildman–Crippen MR) is 133 cm³/mol. The number of pyridine rings is 1. The summed E-state index contributed by atoms with van der Waals surface area (Å²) in [6.45, 7) is 7.72. The Morgan fingerprint density at radius 2 is 1.84 bits per heavy atom. The molecule has 0 aliphatic rings. The van der Waals surface area contributed by atoms with Gasteiger partial charge in [0, 0.05) is 32.0 Å². The average molecular weight is 541 g/mol. The van der Waals surface area contributed by atoms with E-state index in [1.54, 1.807) is 18.3 Å². The molecule has 1 amide bonds. The van der Waals surface area contributed by atoms with E-state index in [1.165, 1.54) is 6.20 Å². The third-order valence-electron chi connectivity index (χ3n) is 4.03. The van der Waals surface area contributed by atoms with Gasteiger partial charge in [-0.25, -0.2) is 0 Å². The second-order valence-corrected chi connectivity index (χ2v) is 6.90. The summed E-state index contributed by atoms with van der Waals surface area (Å²) >= 11 is 0. The number of aromatic nitrogens is 1. The second kappa shape index (κ2) is 14.6. The Kier molecular flexibility index (Phi) is 12.5. The Balaban J connectivity index is 0.00000480. The second-order valence-electron chi connectivity index (χ2n) is 6.90. The van der Waals surface area contributed by atoms with E-state index in [9.17, 15) is 9.90 Å². The van der Waals surface area contributed by atoms with E-state index in [0.717, 1.165) is 11.3 Å². The summed E-state index contributed by atoms with van der Waals surface area (Å²) in [5.74, 6) is 1.17. The third kappa shape index (κ3) is 9.97. The van der Waals surface area contributed by atoms with Crippen LogP contribution in [0.4, 0.5) is 0 Å². The van der Waals surface area contributed by atoms with E-state index in [-0.39, 0.29) is 42.5 Å². The SMILES string of the molecule is CCNC(=NCC(O)c1ccc(OC(C)C)cc1)NCCNC(=O)c1cccnc1.I. The number of nitrogens with one attached hydrogen (secondary N) is 3. The van der Waals surface area contributed by atoms with Crippen LogP contribution in [-0.2, 0) is 0 Å². The van der Waals surface area contributed by atoms with E-state index < -0.39 is 6.10 Å². The molecule has 2 aromatic rings. The van der Waals surface area contributed by atoms with E-state index >= 15 is 0 Å². The van der Waals surface area contributed by atoms with E-state index in [0.29, 0.717) is 31.2 Å². The van der Waals surface area contributed by atoms with Gasteiger partial charge in [-0.2, -0.15) is 0 Å². The van der Waals surface area contributed by atoms with Crippen LogP contribution >= 0.6 is 24.0 Å². The van der Waals surface area contributed by atoms with Gasteiger partial charge in [0.1, 0.15) is 5.75 Å². The number of hydrogen-bond donors (Lipinski definition) is 4. The highest BCUT2D eigenvalue weighted by Crippen LogP contribution is 2.19. The molecule has 0 aliphatic carbocycles. The van der Waals surface area contributed by atoms with Crippen LogP contribution in [-0.4, -0.2) is 54.2 Å². The fourth-order valence-electron chi connectivity index (χ4n) is 2.62. The Morgan fingerprint density at radius 1 is 1.13 bits per heavy atom. The molecule has 0 saturated carbocycles. The van der Waals surface area contributed by atoms with Crippen molar-refractivity contribution in [3.8, 4) is 5.75 Å². The molecule has 1 aromatic heterocycles. The van der Waals surface area contributed by atoms with E-state index in [2.05, 4.69) is 25.9 Å². The average Bonchev–Trinajstić information content (AvgIpc) is 2.75. The van der Waals surface area contributed by atoms with Gasteiger partial charge in [0.25, 0.3) is 5.91 Å². The number of amides is 1. The van der Waals surface area contributed by atoms with Gasteiger partial charge < -0.3 is 25.8 Å². The number of aliphatic hydroxyl groups excluding tert-OH is 1. The van der Waals surface area contributed by atoms with Crippen molar-refractivity contribution in [3.63, 3.8) is 0 Å². The molecule has 1 unspecified atom stereocenters. The Hall–Kier alpha value is -2.40. The van der Waals surface area contributed by atoms with Crippen LogP contribution in [0.1, 0.15) is 42.8 Å². The maximum atomic E-state index is 12.0. The first-order chi connectivity index (χ1) is 14.5. The molecule has 1 heterocycles. The first-order valence-electron chi connectivity index (χ1n) is 10.1. The normalized spacial score (nSPS) is 12.0. The first-order valence-corrected chi connectivity index (χ1v) is 10.1. The zero-order valence-corrected chi connectivity index (χ0v) is 20.5. The number of aliphatic hydroxyl groups is 1. The molecule has 1 atom stereocenters. The van der Waals surface area contributed by atoms with Crippen LogP contribution < -0.4 is 20.7 Å². The molecule has 170 valence electrons. The zero-order chi connectivity index (χ0) is 21.8. The van der Waals surface area contributed by atoms with Crippen molar-refractivity contribution in [2.75, 3.05) is 26.2 Å². The zero-order valence-electron chi connectivity index (χ0n) is 18.2. The summed E-state index contributed by atoms with van der Waals surface area (Å²) < 4.78 is 5.62. The number of guanidine groups is 1. The number of aliphatic imine (C=N–C) groups is 1. The molecule has 1 aromatic carbocycles. The predicted octanol–water partition coefficient (Wildman–Crippen LogP) is 2.51. The van der Waals surface area contributed by atoms with Crippen molar-refractivity contribution in [2.45, 2.75) is 33.0 Å². The van der Waals surface area contributed by atoms with E-state index in [1.807, 2.05) is 45.0 Å². The van der Waals surface area contributed by atoms with Crippen LogP contribution in [0.3, 0.4) is 0 Å². The number of ether oxygens (including phenoxy) is 1. The van der Waals surface area contributed by atoms with Gasteiger partial charge in [-0.05, 0) is 50.6 Å². The highest BCUT2D eigenvalue weighted by atomic mass is 127. The standard InChI is InChI=1S/C22H31N5O3.HI/c1-4-24-22(26-13-12-25-21(29)18-6-5-11-23-14-18)27-15-20(28)17-7-9-19(10-8-17)30-16(2)3;/h5-11,14,16,20,28H,4,12-13,15H2,1-3H3,(H,25,29)(H2,24,26,27);1H. The van der Waals surface area contributed by atoms with Gasteiger partial charge in [-0.3, -0.25) is 14.8 Å². The largest absolute Gasteiger partial charge is 0.491 e. The van der Waals surface area contributed by atoms with Gasteiger partial charge in [0.15, 0.2) is 5.96 Å². The molecule has 31 heavy (non-hydrogen) atoms. The Morgan fingerprint density at radius 3 is 2.45 bits per heavy atom. The summed E-state index contributed by atoms with van der Waals surface area (Å²) in [6, 6.07) is 10.8. The molecular weight excluding hydrogens is 509 g/mol. The van der Waals surface area contributed by atoms with Crippen molar-refractivity contribution in [2.24, 2.45) is 4.99 Å². The van der Waals surface area contributed by atoms with Crippen molar-refractivity contribution in [1.82, 2.24) is 20.9 Å². The molecule has 0 spiro atoms. The van der Waals surface area contributed by atoms with Gasteiger partial charge in [0.05, 0.1) is 24.3 Å². The summed E-state index contributed by atoms with van der Waals surface area (Å²) in [6.07, 6.45) is 2.53. The van der Waals surface area contributed by atoms with Crippen molar-refractivity contribution >= 4 is 35.8 Å². The molecule has 0 bridgehead atoms. The van der Waals surface area contributed by atoms with Crippen LogP contribution in [0.25, 0.3) is 0 Å². The lowest BCUT2D eigenvalue weighted by Gasteiger charge is -2.14. The summed E-state index contributed by atoms with van der Waals surface area (Å²) in [5, 5.41) is 19.5. The smallest absolute Gasteiger partial charge is 0.252 e. The van der Waals surface area contributed by atoms with Crippen LogP contribution in [0.5, 0.6) is 5.75 Å². The molecule has 4 N–H and O–H groups in total. The molecule has 9 heteroatoms. The minimum Gasteiger partial charge on any atom is -0.491 e. The molecule has 0 fully saturated rings. The van der Waals surface area contributed by atoms with Gasteiger partial charge in [0.2, 0.25) is 0 Å². The van der Waals surface area contributed by atoms with Crippen LogP contribution in [0.15, 0.2) is 53.8 Å². The summed E-state index contributed by atoms with van der Waals surface area (Å²) in [7, 11) is 0. The summed E-state index contributed by atoms with van der Waals surface area (Å²) in [4.78, 5) is 20.4. The van der Waals surface area contributed by atoms with Gasteiger partial charge >= 0.3 is 0 Å². The molecule has 2 rings (SSSR count). The maximum absolute atomic E-state index is 12.0. The molecule has 8 nitrogen and oxygen atoms in total. The fourth-order valence-corrected chi connectivity index (χ4v) is 2.62. The number of carbonyl (C=O) groups excluding carboxylic acids is 1. The van der Waals surface area contributed by atoms with Crippen molar-refractivity contribution < 1.29 is 14.6 Å². The Bertz CT molecular complexity index is 801. The quantitative estimate of drug-likeness (QED) is 0.159. The topological polar surface area (TPSA) is 108 Å². The van der Waals surface area contributed by atoms with Crippen LogP contribution in [0.2, 0.25) is 0 Å². The lowest BCUT2D eigenvalue weighted by atomic mass is 10.1. The number of benzene rings is 1. The van der Waals surface area contributed by atoms with Gasteiger partial charge in [-0.1, -0.05) is 12.1 Å². The van der Waals surface area contributed by atoms with Crippen molar-refractivity contribution in [3.05, 3.63) is 59.9 Å². The van der Waals surface area contributed by atoms with Crippen LogP contribution in [0, 0.1) is 0 Å². The molecule has 0 radical (unpaired) electrons. The number of rotatable bonds is 10. The Labute approximate surface area is 200 Å². The number of carbonyl (C=O) groups is 1. The monoisotopic (exact) mass is 541 g/mol. The molecular formula is C22H32IN5O3. The highest BCUT2D eigenvalue weighted by Gasteiger charge is 2.09. The van der Waals surface area contributed by atoms with E-state index in [4.69, 9.17) is 4.74 Å². The molecule has 0 saturated heterocycles. The number of hydrogen-bond acceptors (Lipinski definition) is 5. The third-order valence-corrected chi connectivity index (χ3v) is 4.03. The van der Waals surface area contributed by atoms with Crippen molar-refractivity contribution in [1.29, 1.82) is 0 Å². The number of nitrogens with zero attached hydrogens (tertiary/aromatic N) is 2.